The van der Waals surface area contributed by atoms with Gasteiger partial charge >= 0.3 is 0 Å². The van der Waals surface area contributed by atoms with Gasteiger partial charge in [0, 0.05) is 25.2 Å². The van der Waals surface area contributed by atoms with E-state index in [1.54, 1.807) is 12.1 Å². The molecule has 0 aromatic heterocycles. The molecule has 5 nitrogen and oxygen atoms in total. The third-order valence-corrected chi connectivity index (χ3v) is 5.72. The molecule has 0 heterocycles. The minimum Gasteiger partial charge on any atom is -0.329 e. The normalized spacial score (nSPS) is 14.9. The van der Waals surface area contributed by atoms with E-state index in [-0.39, 0.29) is 17.0 Å². The summed E-state index contributed by atoms with van der Waals surface area (Å²) in [4.78, 5) is 0.285. The summed E-state index contributed by atoms with van der Waals surface area (Å²) in [5.74, 6) is 0.402. The van der Waals surface area contributed by atoms with Crippen LogP contribution < -0.4 is 15.8 Å². The van der Waals surface area contributed by atoms with Crippen molar-refractivity contribution in [2.45, 2.75) is 37.8 Å². The van der Waals surface area contributed by atoms with E-state index in [2.05, 4.69) is 23.9 Å². The standard InChI is InChI=1S/C18H27N3O2S/c1-13(2)18(11-19)20-12-14(3)21-24(22,23)17-9-8-15-6-4-5-7-16(15)10-17/h4-10,13-14,18,20-21H,11-12,19H2,1-3H3/t14-,18+/m1/s1. The van der Waals surface area contributed by atoms with Crippen molar-refractivity contribution < 1.29 is 8.42 Å². The number of rotatable bonds is 8. The van der Waals surface area contributed by atoms with E-state index >= 15 is 0 Å². The molecule has 0 amide bonds. The van der Waals surface area contributed by atoms with Crippen LogP contribution in [-0.4, -0.2) is 33.6 Å². The Bertz CT molecular complexity index is 775. The number of nitrogens with two attached hydrogens (primary N) is 1. The summed E-state index contributed by atoms with van der Waals surface area (Å²) < 4.78 is 27.9. The monoisotopic (exact) mass is 349 g/mol. The summed E-state index contributed by atoms with van der Waals surface area (Å²) >= 11 is 0. The third kappa shape index (κ3) is 4.77. The molecule has 24 heavy (non-hydrogen) atoms. The number of fused-ring (bicyclic) bond motifs is 1. The summed E-state index contributed by atoms with van der Waals surface area (Å²) in [7, 11) is -3.55. The maximum Gasteiger partial charge on any atom is 0.240 e. The van der Waals surface area contributed by atoms with Crippen LogP contribution in [0.1, 0.15) is 20.8 Å². The first-order valence-electron chi connectivity index (χ1n) is 8.28. The predicted molar refractivity (Wildman–Crippen MR) is 99.4 cm³/mol. The van der Waals surface area contributed by atoms with Crippen LogP contribution in [0, 0.1) is 5.92 Å². The molecule has 0 saturated carbocycles. The highest BCUT2D eigenvalue weighted by molar-refractivity contribution is 7.89. The Morgan fingerprint density at radius 2 is 1.71 bits per heavy atom. The summed E-state index contributed by atoms with van der Waals surface area (Å²) in [6.45, 7) is 7.09. The topological polar surface area (TPSA) is 84.2 Å². The second-order valence-corrected chi connectivity index (χ2v) is 8.24. The highest BCUT2D eigenvalue weighted by Crippen LogP contribution is 2.19. The Labute approximate surface area is 144 Å². The van der Waals surface area contributed by atoms with E-state index in [0.717, 1.165) is 10.8 Å². The highest BCUT2D eigenvalue weighted by Gasteiger charge is 2.19. The van der Waals surface area contributed by atoms with Crippen molar-refractivity contribution in [3.63, 3.8) is 0 Å². The number of sulfonamides is 1. The summed E-state index contributed by atoms with van der Waals surface area (Å²) in [6, 6.07) is 12.8. The predicted octanol–water partition coefficient (Wildman–Crippen LogP) is 2.08. The van der Waals surface area contributed by atoms with E-state index < -0.39 is 10.0 Å². The Morgan fingerprint density at radius 1 is 1.04 bits per heavy atom. The van der Waals surface area contributed by atoms with Crippen molar-refractivity contribution in [2.24, 2.45) is 11.7 Å². The molecule has 0 radical (unpaired) electrons. The minimum atomic E-state index is -3.55. The van der Waals surface area contributed by atoms with Crippen LogP contribution in [0.25, 0.3) is 10.8 Å². The largest absolute Gasteiger partial charge is 0.329 e. The molecular weight excluding hydrogens is 322 g/mol. The number of nitrogens with one attached hydrogen (secondary N) is 2. The van der Waals surface area contributed by atoms with Gasteiger partial charge < -0.3 is 11.1 Å². The van der Waals surface area contributed by atoms with Crippen LogP contribution in [0.2, 0.25) is 0 Å². The zero-order valence-electron chi connectivity index (χ0n) is 14.5. The van der Waals surface area contributed by atoms with Crippen LogP contribution in [0.4, 0.5) is 0 Å². The van der Waals surface area contributed by atoms with Crippen LogP contribution in [0.5, 0.6) is 0 Å². The summed E-state index contributed by atoms with van der Waals surface area (Å²) in [5.41, 5.74) is 5.73. The zero-order chi connectivity index (χ0) is 17.7. The first kappa shape index (κ1) is 18.9. The molecule has 4 N–H and O–H groups in total. The van der Waals surface area contributed by atoms with Crippen molar-refractivity contribution in [3.8, 4) is 0 Å². The molecule has 2 atom stereocenters. The lowest BCUT2D eigenvalue weighted by Crippen LogP contribution is -2.47. The lowest BCUT2D eigenvalue weighted by Gasteiger charge is -2.23. The molecule has 2 aromatic rings. The van der Waals surface area contributed by atoms with Crippen molar-refractivity contribution in [3.05, 3.63) is 42.5 Å². The maximum absolute atomic E-state index is 12.6. The molecular formula is C18H27N3O2S. The first-order valence-corrected chi connectivity index (χ1v) is 9.76. The van der Waals surface area contributed by atoms with Gasteiger partial charge in [-0.25, -0.2) is 13.1 Å². The van der Waals surface area contributed by atoms with Crippen LogP contribution in [0.3, 0.4) is 0 Å². The van der Waals surface area contributed by atoms with Gasteiger partial charge in [-0.3, -0.25) is 0 Å². The molecule has 0 fully saturated rings. The quantitative estimate of drug-likeness (QED) is 0.681. The second-order valence-electron chi connectivity index (χ2n) is 6.53. The average molecular weight is 350 g/mol. The van der Waals surface area contributed by atoms with Gasteiger partial charge in [0.1, 0.15) is 0 Å². The van der Waals surface area contributed by atoms with E-state index in [9.17, 15) is 8.42 Å². The Kier molecular flexibility index (Phi) is 6.34. The summed E-state index contributed by atoms with van der Waals surface area (Å²) in [6.07, 6.45) is 0. The fourth-order valence-corrected chi connectivity index (χ4v) is 3.91. The van der Waals surface area contributed by atoms with Gasteiger partial charge in [-0.1, -0.05) is 44.2 Å². The van der Waals surface area contributed by atoms with E-state index in [0.29, 0.717) is 19.0 Å². The van der Waals surface area contributed by atoms with E-state index in [4.69, 9.17) is 5.73 Å². The van der Waals surface area contributed by atoms with E-state index in [1.165, 1.54) is 0 Å². The minimum absolute atomic E-state index is 0.178. The van der Waals surface area contributed by atoms with Crippen LogP contribution in [-0.2, 0) is 10.0 Å². The Morgan fingerprint density at radius 3 is 2.33 bits per heavy atom. The smallest absolute Gasteiger partial charge is 0.240 e. The van der Waals surface area contributed by atoms with Crippen molar-refractivity contribution in [1.82, 2.24) is 10.0 Å². The lowest BCUT2D eigenvalue weighted by molar-refractivity contribution is 0.391. The van der Waals surface area contributed by atoms with Gasteiger partial charge in [-0.15, -0.1) is 0 Å². The van der Waals surface area contributed by atoms with Crippen LogP contribution >= 0.6 is 0 Å². The number of hydrogen-bond acceptors (Lipinski definition) is 4. The molecule has 0 aliphatic rings. The fraction of sp³-hybridized carbons (Fsp3) is 0.444. The van der Waals surface area contributed by atoms with Gasteiger partial charge in [-0.2, -0.15) is 0 Å². The maximum atomic E-state index is 12.6. The van der Waals surface area contributed by atoms with Gasteiger partial charge in [-0.05, 0) is 35.7 Å². The van der Waals surface area contributed by atoms with Crippen molar-refractivity contribution in [1.29, 1.82) is 0 Å². The van der Waals surface area contributed by atoms with Gasteiger partial charge in [0.05, 0.1) is 4.90 Å². The molecule has 132 valence electrons. The molecule has 0 aliphatic heterocycles. The molecule has 0 spiro atoms. The zero-order valence-corrected chi connectivity index (χ0v) is 15.3. The molecule has 0 unspecified atom stereocenters. The first-order chi connectivity index (χ1) is 11.3. The second kappa shape index (κ2) is 8.07. The van der Waals surface area contributed by atoms with Gasteiger partial charge in [0.15, 0.2) is 0 Å². The van der Waals surface area contributed by atoms with Crippen molar-refractivity contribution in [2.75, 3.05) is 13.1 Å². The number of hydrogen-bond donors (Lipinski definition) is 3. The molecule has 0 aliphatic carbocycles. The molecule has 2 aromatic carbocycles. The average Bonchev–Trinajstić information content (AvgIpc) is 2.54. The SMILES string of the molecule is CC(C)[C@H](CN)NC[C@@H](C)NS(=O)(=O)c1ccc2ccccc2c1. The molecule has 0 saturated heterocycles. The summed E-state index contributed by atoms with van der Waals surface area (Å²) in [5, 5.41) is 5.25. The third-order valence-electron chi connectivity index (χ3n) is 4.13. The molecule has 2 rings (SSSR count). The van der Waals surface area contributed by atoms with Crippen LogP contribution in [0.15, 0.2) is 47.4 Å². The van der Waals surface area contributed by atoms with Gasteiger partial charge in [0.2, 0.25) is 10.0 Å². The highest BCUT2D eigenvalue weighted by atomic mass is 32.2. The van der Waals surface area contributed by atoms with Crippen molar-refractivity contribution >= 4 is 20.8 Å². The number of benzene rings is 2. The lowest BCUT2D eigenvalue weighted by atomic mass is 10.0. The Hall–Kier alpha value is -1.47. The van der Waals surface area contributed by atoms with E-state index in [1.807, 2.05) is 37.3 Å². The molecule has 6 heteroatoms. The Balaban J connectivity index is 2.06. The molecule has 0 bridgehead atoms. The fourth-order valence-electron chi connectivity index (χ4n) is 2.63. The van der Waals surface area contributed by atoms with Gasteiger partial charge in [0.25, 0.3) is 0 Å².